The zero-order valence-corrected chi connectivity index (χ0v) is 24.5. The summed E-state index contributed by atoms with van der Waals surface area (Å²) >= 11 is 3.62. The zero-order chi connectivity index (χ0) is 31.3. The van der Waals surface area contributed by atoms with Crippen molar-refractivity contribution in [1.29, 1.82) is 0 Å². The maximum atomic E-state index is 12.8. The van der Waals surface area contributed by atoms with Gasteiger partial charge in [0.2, 0.25) is 0 Å². The molecule has 1 aliphatic rings. The van der Waals surface area contributed by atoms with Crippen molar-refractivity contribution in [2.24, 2.45) is 10.2 Å². The molecule has 0 radical (unpaired) electrons. The lowest BCUT2D eigenvalue weighted by atomic mass is 10.00. The van der Waals surface area contributed by atoms with Gasteiger partial charge in [-0.2, -0.15) is 10.2 Å². The van der Waals surface area contributed by atoms with Gasteiger partial charge in [-0.1, -0.05) is 12.1 Å². The van der Waals surface area contributed by atoms with Crippen LogP contribution in [-0.2, 0) is 9.47 Å². The molecule has 13 heteroatoms. The zero-order valence-electron chi connectivity index (χ0n) is 22.9. The predicted molar refractivity (Wildman–Crippen MR) is 159 cm³/mol. The fourth-order valence-corrected chi connectivity index (χ4v) is 5.10. The van der Waals surface area contributed by atoms with Crippen molar-refractivity contribution in [2.45, 2.75) is 6.17 Å². The summed E-state index contributed by atoms with van der Waals surface area (Å²) in [7, 11) is 2.51. The number of aromatic carboxylic acids is 2. The van der Waals surface area contributed by atoms with Crippen LogP contribution in [0.15, 0.2) is 94.4 Å². The number of hydrogen-bond donors (Lipinski definition) is 2. The van der Waals surface area contributed by atoms with Gasteiger partial charge in [0.25, 0.3) is 0 Å². The molecule has 0 fully saturated rings. The number of halogens is 1. The Hall–Kier alpha value is -5.30. The molecule has 12 nitrogen and oxygen atoms in total. The van der Waals surface area contributed by atoms with E-state index in [-0.39, 0.29) is 27.9 Å². The van der Waals surface area contributed by atoms with Crippen LogP contribution in [0.3, 0.4) is 0 Å². The van der Waals surface area contributed by atoms with E-state index in [1.807, 2.05) is 16.0 Å². The van der Waals surface area contributed by atoms with Crippen LogP contribution >= 0.6 is 15.9 Å². The molecule has 1 aliphatic heterocycles. The average Bonchev–Trinajstić information content (AvgIpc) is 3.33. The number of hydrogen-bond acceptors (Lipinski definition) is 10. The minimum Gasteiger partial charge on any atom is -0.478 e. The summed E-state index contributed by atoms with van der Waals surface area (Å²) in [5.41, 5.74) is 1.66. The highest BCUT2D eigenvalue weighted by Crippen LogP contribution is 2.43. The van der Waals surface area contributed by atoms with E-state index in [0.717, 1.165) is 6.07 Å². The lowest BCUT2D eigenvalue weighted by Gasteiger charge is -2.34. The molecule has 0 aromatic heterocycles. The first-order chi connectivity index (χ1) is 20.6. The third-order valence-corrected chi connectivity index (χ3v) is 6.97. The lowest BCUT2D eigenvalue weighted by Crippen LogP contribution is -2.33. The average molecular weight is 649 g/mol. The van der Waals surface area contributed by atoms with Crippen molar-refractivity contribution >= 4 is 56.9 Å². The van der Waals surface area contributed by atoms with Crippen LogP contribution in [0.1, 0.15) is 53.2 Å². The highest BCUT2D eigenvalue weighted by atomic mass is 79.9. The molecule has 3 aromatic rings. The Kier molecular flexibility index (Phi) is 9.36. The molecule has 0 bridgehead atoms. The minimum atomic E-state index is -1.29. The van der Waals surface area contributed by atoms with Gasteiger partial charge in [-0.3, -0.25) is 0 Å². The Morgan fingerprint density at radius 2 is 1.47 bits per heavy atom. The van der Waals surface area contributed by atoms with E-state index in [9.17, 15) is 29.4 Å². The van der Waals surface area contributed by atoms with Gasteiger partial charge < -0.3 is 29.5 Å². The Labute approximate surface area is 254 Å². The number of azo groups is 1. The van der Waals surface area contributed by atoms with E-state index in [4.69, 9.17) is 9.47 Å². The second kappa shape index (κ2) is 13.1. The molecule has 0 spiro atoms. The lowest BCUT2D eigenvalue weighted by molar-refractivity contribution is 0.0593. The number of methoxy groups -OCH3 is 2. The van der Waals surface area contributed by atoms with Gasteiger partial charge >= 0.3 is 23.9 Å². The maximum absolute atomic E-state index is 12.8. The first-order valence-corrected chi connectivity index (χ1v) is 13.3. The summed E-state index contributed by atoms with van der Waals surface area (Å²) < 4.78 is 10.5. The molecule has 4 rings (SSSR count). The number of carbonyl (C=O) groups excluding carboxylic acids is 2. The summed E-state index contributed by atoms with van der Waals surface area (Å²) in [6.45, 7) is 4.27. The first-order valence-electron chi connectivity index (χ1n) is 12.5. The number of rotatable bonds is 10. The number of carbonyl (C=O) groups is 4. The van der Waals surface area contributed by atoms with Crippen LogP contribution in [0.4, 0.5) is 17.1 Å². The number of anilines is 1. The third kappa shape index (κ3) is 6.62. The Morgan fingerprint density at radius 3 is 2.02 bits per heavy atom. The summed E-state index contributed by atoms with van der Waals surface area (Å²) in [5, 5.41) is 26.7. The monoisotopic (exact) mass is 648 g/mol. The van der Waals surface area contributed by atoms with E-state index < -0.39 is 30.0 Å². The predicted octanol–water partition coefficient (Wildman–Crippen LogP) is 6.27. The van der Waals surface area contributed by atoms with E-state index in [1.165, 1.54) is 32.4 Å². The fourth-order valence-electron chi connectivity index (χ4n) is 4.44. The number of carboxylic acids is 2. The van der Waals surface area contributed by atoms with Crippen molar-refractivity contribution in [3.05, 3.63) is 112 Å². The fraction of sp³-hybridized carbons (Fsp3) is 0.133. The van der Waals surface area contributed by atoms with Gasteiger partial charge in [-0.05, 0) is 70.5 Å². The molecule has 0 saturated heterocycles. The molecule has 1 unspecified atom stereocenters. The summed E-state index contributed by atoms with van der Waals surface area (Å²) in [6, 6.07) is 15.1. The van der Waals surface area contributed by atoms with Crippen LogP contribution in [0, 0.1) is 0 Å². The number of esters is 2. The van der Waals surface area contributed by atoms with Crippen LogP contribution in [0.25, 0.3) is 0 Å². The number of nitrogens with zero attached hydrogens (tertiary/aromatic N) is 4. The van der Waals surface area contributed by atoms with Gasteiger partial charge in [0.05, 0.1) is 47.8 Å². The van der Waals surface area contributed by atoms with Crippen molar-refractivity contribution in [1.82, 2.24) is 4.90 Å². The maximum Gasteiger partial charge on any atom is 0.338 e. The molecule has 220 valence electrons. The molecule has 0 aliphatic carbocycles. The van der Waals surface area contributed by atoms with Gasteiger partial charge in [0.15, 0.2) is 0 Å². The smallest absolute Gasteiger partial charge is 0.338 e. The molecular weight excluding hydrogens is 624 g/mol. The highest BCUT2D eigenvalue weighted by Gasteiger charge is 2.36. The standard InChI is InChI=1S/C30H25BrN4O8/c1-4-11-34-16-25(31)35(26(34)23-10-5-17(29(40)42-2)15-24(23)30(41)43-3)22-8-6-20(7-9-22)32-33-21-13-18(27(36)37)12-19(14-21)28(38)39/h4-10,12-16,26H,1,11H2,2-3H3,(H,36,37)(H,38,39). The Balaban J connectivity index is 1.71. The normalized spacial score (nSPS) is 14.4. The van der Waals surface area contributed by atoms with E-state index in [0.29, 0.717) is 28.1 Å². The van der Waals surface area contributed by atoms with Crippen molar-refractivity contribution in [3.8, 4) is 0 Å². The van der Waals surface area contributed by atoms with Gasteiger partial charge in [0.1, 0.15) is 10.8 Å². The van der Waals surface area contributed by atoms with Crippen LogP contribution in [0.5, 0.6) is 0 Å². The number of benzene rings is 3. The largest absolute Gasteiger partial charge is 0.478 e. The molecule has 0 saturated carbocycles. The molecule has 0 amide bonds. The topological polar surface area (TPSA) is 158 Å². The van der Waals surface area contributed by atoms with Gasteiger partial charge in [-0.25, -0.2) is 19.2 Å². The van der Waals surface area contributed by atoms with Gasteiger partial charge in [-0.15, -0.1) is 6.58 Å². The molecule has 1 heterocycles. The molecule has 3 aromatic carbocycles. The SMILES string of the molecule is C=CCN1C=C(Br)N(c2ccc(N=Nc3cc(C(=O)O)cc(C(=O)O)c3)cc2)C1c1ccc(C(=O)OC)cc1C(=O)OC. The Bertz CT molecular complexity index is 1640. The van der Waals surface area contributed by atoms with E-state index in [2.05, 4.69) is 32.7 Å². The summed E-state index contributed by atoms with van der Waals surface area (Å²) in [6.07, 6.45) is 3.02. The van der Waals surface area contributed by atoms with Crippen LogP contribution in [-0.4, -0.2) is 59.8 Å². The second-order valence-electron chi connectivity index (χ2n) is 9.06. The number of carboxylic acid groups (broad SMARTS) is 2. The molecule has 1 atom stereocenters. The third-order valence-electron chi connectivity index (χ3n) is 6.38. The van der Waals surface area contributed by atoms with Crippen molar-refractivity contribution in [2.75, 3.05) is 25.7 Å². The van der Waals surface area contributed by atoms with E-state index >= 15 is 0 Å². The quantitative estimate of drug-likeness (QED) is 0.111. The summed E-state index contributed by atoms with van der Waals surface area (Å²) in [4.78, 5) is 51.7. The van der Waals surface area contributed by atoms with E-state index in [1.54, 1.807) is 42.5 Å². The molecule has 43 heavy (non-hydrogen) atoms. The highest BCUT2D eigenvalue weighted by molar-refractivity contribution is 9.11. The molecule has 2 N–H and O–H groups in total. The first kappa shape index (κ1) is 30.7. The molecular formula is C30H25BrN4O8. The Morgan fingerprint density at radius 1 is 0.860 bits per heavy atom. The van der Waals surface area contributed by atoms with Crippen molar-refractivity contribution in [3.63, 3.8) is 0 Å². The van der Waals surface area contributed by atoms with Crippen LogP contribution in [0.2, 0.25) is 0 Å². The number of ether oxygens (including phenoxy) is 2. The van der Waals surface area contributed by atoms with Crippen molar-refractivity contribution < 1.29 is 38.9 Å². The summed E-state index contributed by atoms with van der Waals surface area (Å²) in [5.74, 6) is -3.80. The van der Waals surface area contributed by atoms with Crippen LogP contribution < -0.4 is 4.90 Å². The minimum absolute atomic E-state index is 0.0671. The second-order valence-corrected chi connectivity index (χ2v) is 9.87. The van der Waals surface area contributed by atoms with Gasteiger partial charge in [0, 0.05) is 24.0 Å².